The Balaban J connectivity index is 1.92. The van der Waals surface area contributed by atoms with Crippen molar-refractivity contribution in [3.05, 3.63) is 78.0 Å². The van der Waals surface area contributed by atoms with Gasteiger partial charge in [-0.2, -0.15) is 5.10 Å². The molecule has 1 aromatic heterocycles. The van der Waals surface area contributed by atoms with Crippen molar-refractivity contribution in [3.63, 3.8) is 0 Å². The number of rotatable bonds is 3. The molecule has 0 aliphatic rings. The van der Waals surface area contributed by atoms with Gasteiger partial charge in [-0.1, -0.05) is 36.4 Å². The van der Waals surface area contributed by atoms with Crippen LogP contribution in [0.1, 0.15) is 16.1 Å². The zero-order chi connectivity index (χ0) is 14.7. The summed E-state index contributed by atoms with van der Waals surface area (Å²) in [5.74, 6) is 0.0141. The molecule has 2 aromatic carbocycles. The Kier molecular flexibility index (Phi) is 3.51. The summed E-state index contributed by atoms with van der Waals surface area (Å²) >= 11 is 0. The van der Waals surface area contributed by atoms with Crippen LogP contribution in [-0.4, -0.2) is 15.7 Å². The van der Waals surface area contributed by atoms with Gasteiger partial charge in [0.05, 0.1) is 16.9 Å². The van der Waals surface area contributed by atoms with Gasteiger partial charge in [0.15, 0.2) is 0 Å². The van der Waals surface area contributed by atoms with E-state index in [1.807, 2.05) is 43.3 Å². The van der Waals surface area contributed by atoms with E-state index in [9.17, 15) is 4.79 Å². The quantitative estimate of drug-likeness (QED) is 0.690. The Bertz CT molecular complexity index is 749. The lowest BCUT2D eigenvalue weighted by atomic mass is 10.2. The fourth-order valence-corrected chi connectivity index (χ4v) is 2.03. The minimum Gasteiger partial charge on any atom is -0.404 e. The first-order valence-electron chi connectivity index (χ1n) is 6.63. The van der Waals surface area contributed by atoms with Crippen LogP contribution in [0.5, 0.6) is 5.88 Å². The molecule has 0 amide bonds. The summed E-state index contributed by atoms with van der Waals surface area (Å²) in [6.07, 6.45) is 0. The molecule has 0 spiro atoms. The van der Waals surface area contributed by atoms with Crippen molar-refractivity contribution in [1.29, 1.82) is 0 Å². The first-order valence-corrected chi connectivity index (χ1v) is 6.63. The van der Waals surface area contributed by atoms with E-state index in [0.717, 1.165) is 11.4 Å². The minimum atomic E-state index is -0.396. The molecule has 4 nitrogen and oxygen atoms in total. The van der Waals surface area contributed by atoms with Crippen molar-refractivity contribution in [2.24, 2.45) is 0 Å². The van der Waals surface area contributed by atoms with Crippen LogP contribution in [0.2, 0.25) is 0 Å². The van der Waals surface area contributed by atoms with Gasteiger partial charge in [-0.05, 0) is 31.2 Å². The Labute approximate surface area is 122 Å². The van der Waals surface area contributed by atoms with E-state index in [1.165, 1.54) is 0 Å². The average molecular weight is 278 g/mol. The molecule has 4 heteroatoms. The Hall–Kier alpha value is -2.88. The standard InChI is InChI=1S/C17H14N2O2/c1-13-12-16(19(18-13)15-10-6-3-7-11-15)21-17(20)14-8-4-2-5-9-14/h2-12H,1H3. The van der Waals surface area contributed by atoms with Crippen LogP contribution in [-0.2, 0) is 0 Å². The zero-order valence-corrected chi connectivity index (χ0v) is 11.6. The SMILES string of the molecule is Cc1cc(OC(=O)c2ccccc2)n(-c2ccccc2)n1. The van der Waals surface area contributed by atoms with E-state index in [0.29, 0.717) is 11.4 Å². The smallest absolute Gasteiger partial charge is 0.344 e. The molecule has 3 aromatic rings. The highest BCUT2D eigenvalue weighted by atomic mass is 16.5. The third-order valence-corrected chi connectivity index (χ3v) is 3.01. The van der Waals surface area contributed by atoms with E-state index < -0.39 is 5.97 Å². The lowest BCUT2D eigenvalue weighted by molar-refractivity contribution is 0.0723. The number of esters is 1. The lowest BCUT2D eigenvalue weighted by Crippen LogP contribution is -2.11. The van der Waals surface area contributed by atoms with E-state index in [4.69, 9.17) is 4.74 Å². The van der Waals surface area contributed by atoms with Gasteiger partial charge in [-0.25, -0.2) is 9.48 Å². The van der Waals surface area contributed by atoms with Crippen molar-refractivity contribution in [2.45, 2.75) is 6.92 Å². The van der Waals surface area contributed by atoms with Crippen LogP contribution >= 0.6 is 0 Å². The predicted molar refractivity (Wildman–Crippen MR) is 79.7 cm³/mol. The second-order valence-electron chi connectivity index (χ2n) is 4.63. The average Bonchev–Trinajstić information content (AvgIpc) is 2.89. The molecule has 21 heavy (non-hydrogen) atoms. The molecule has 0 fully saturated rings. The van der Waals surface area contributed by atoms with Crippen molar-refractivity contribution in [1.82, 2.24) is 9.78 Å². The predicted octanol–water partition coefficient (Wildman–Crippen LogP) is 3.40. The van der Waals surface area contributed by atoms with Crippen molar-refractivity contribution in [3.8, 4) is 11.6 Å². The van der Waals surface area contributed by atoms with E-state index in [2.05, 4.69) is 5.10 Å². The highest BCUT2D eigenvalue weighted by molar-refractivity contribution is 5.90. The molecule has 0 radical (unpaired) electrons. The molecule has 0 atom stereocenters. The van der Waals surface area contributed by atoms with E-state index in [-0.39, 0.29) is 0 Å². The van der Waals surface area contributed by atoms with Crippen LogP contribution in [0.15, 0.2) is 66.7 Å². The van der Waals surface area contributed by atoms with Crippen molar-refractivity contribution < 1.29 is 9.53 Å². The summed E-state index contributed by atoms with van der Waals surface area (Å²) < 4.78 is 7.09. The number of ether oxygens (including phenoxy) is 1. The number of aryl methyl sites for hydroxylation is 1. The van der Waals surface area contributed by atoms with Crippen LogP contribution in [0.4, 0.5) is 0 Å². The summed E-state index contributed by atoms with van der Waals surface area (Å²) in [7, 11) is 0. The second-order valence-corrected chi connectivity index (χ2v) is 4.63. The van der Waals surface area contributed by atoms with Gasteiger partial charge in [0, 0.05) is 6.07 Å². The maximum Gasteiger partial charge on any atom is 0.344 e. The second kappa shape index (κ2) is 5.63. The zero-order valence-electron chi connectivity index (χ0n) is 11.6. The molecule has 1 heterocycles. The van der Waals surface area contributed by atoms with Gasteiger partial charge < -0.3 is 4.74 Å². The maximum atomic E-state index is 12.1. The third kappa shape index (κ3) is 2.84. The normalized spacial score (nSPS) is 10.3. The van der Waals surface area contributed by atoms with Crippen LogP contribution in [0.25, 0.3) is 5.69 Å². The monoisotopic (exact) mass is 278 g/mol. The number of nitrogens with zero attached hydrogens (tertiary/aromatic N) is 2. The van der Waals surface area contributed by atoms with E-state index in [1.54, 1.807) is 35.0 Å². The summed E-state index contributed by atoms with van der Waals surface area (Å²) in [6.45, 7) is 1.86. The van der Waals surface area contributed by atoms with Gasteiger partial charge in [-0.3, -0.25) is 0 Å². The molecule has 0 unspecified atom stereocenters. The van der Waals surface area contributed by atoms with Gasteiger partial charge in [0.1, 0.15) is 0 Å². The number of para-hydroxylation sites is 1. The number of carbonyl (C=O) groups excluding carboxylic acids is 1. The highest BCUT2D eigenvalue weighted by Crippen LogP contribution is 2.20. The number of hydrogen-bond donors (Lipinski definition) is 0. The van der Waals surface area contributed by atoms with Crippen molar-refractivity contribution >= 4 is 5.97 Å². The number of carbonyl (C=O) groups is 1. The Morgan fingerprint density at radius 3 is 2.29 bits per heavy atom. The first-order chi connectivity index (χ1) is 10.2. The largest absolute Gasteiger partial charge is 0.404 e. The molecular formula is C17H14N2O2. The minimum absolute atomic E-state index is 0.396. The Morgan fingerprint density at radius 2 is 1.62 bits per heavy atom. The third-order valence-electron chi connectivity index (χ3n) is 3.01. The molecule has 104 valence electrons. The van der Waals surface area contributed by atoms with Crippen LogP contribution in [0.3, 0.4) is 0 Å². The molecule has 3 rings (SSSR count). The summed E-state index contributed by atoms with van der Waals surface area (Å²) in [6, 6.07) is 20.2. The van der Waals surface area contributed by atoms with Gasteiger partial charge in [0.2, 0.25) is 5.88 Å². The summed E-state index contributed by atoms with van der Waals surface area (Å²) in [5, 5.41) is 4.37. The molecule has 0 aliphatic carbocycles. The van der Waals surface area contributed by atoms with Crippen molar-refractivity contribution in [2.75, 3.05) is 0 Å². The molecule has 0 aliphatic heterocycles. The van der Waals surface area contributed by atoms with Gasteiger partial charge >= 0.3 is 5.97 Å². The van der Waals surface area contributed by atoms with Crippen LogP contribution < -0.4 is 4.74 Å². The number of aromatic nitrogens is 2. The van der Waals surface area contributed by atoms with Crippen LogP contribution in [0, 0.1) is 6.92 Å². The molecule has 0 N–H and O–H groups in total. The molecular weight excluding hydrogens is 264 g/mol. The number of benzene rings is 2. The number of hydrogen-bond acceptors (Lipinski definition) is 3. The summed E-state index contributed by atoms with van der Waals surface area (Å²) in [4.78, 5) is 12.1. The van der Waals surface area contributed by atoms with Gasteiger partial charge in [0.25, 0.3) is 0 Å². The van der Waals surface area contributed by atoms with Gasteiger partial charge in [-0.15, -0.1) is 0 Å². The summed E-state index contributed by atoms with van der Waals surface area (Å²) in [5.41, 5.74) is 2.15. The molecule has 0 saturated carbocycles. The van der Waals surface area contributed by atoms with E-state index >= 15 is 0 Å². The maximum absolute atomic E-state index is 12.1. The fraction of sp³-hybridized carbons (Fsp3) is 0.0588. The first kappa shape index (κ1) is 13.1. The highest BCUT2D eigenvalue weighted by Gasteiger charge is 2.14. The lowest BCUT2D eigenvalue weighted by Gasteiger charge is -2.07. The Morgan fingerprint density at radius 1 is 1.00 bits per heavy atom. The molecule has 0 bridgehead atoms. The topological polar surface area (TPSA) is 44.1 Å². The molecule has 0 saturated heterocycles. The fourth-order valence-electron chi connectivity index (χ4n) is 2.03.